The van der Waals surface area contributed by atoms with E-state index in [1.54, 1.807) is 43.3 Å². The third-order valence-electron chi connectivity index (χ3n) is 6.54. The summed E-state index contributed by atoms with van der Waals surface area (Å²) in [6.45, 7) is 3.25. The van der Waals surface area contributed by atoms with Crippen LogP contribution in [0, 0.1) is 17.0 Å². The van der Waals surface area contributed by atoms with Crippen LogP contribution < -0.4 is 15.1 Å². The summed E-state index contributed by atoms with van der Waals surface area (Å²) < 4.78 is 18.4. The Morgan fingerprint density at radius 2 is 1.59 bits per heavy atom. The van der Waals surface area contributed by atoms with Gasteiger partial charge in [0, 0.05) is 47.2 Å². The Hall–Kier alpha value is -4.65. The molecule has 2 amide bonds. The molecule has 1 saturated heterocycles. The van der Waals surface area contributed by atoms with Crippen LogP contribution in [0.15, 0.2) is 72.8 Å². The Morgan fingerprint density at radius 3 is 2.18 bits per heavy atom. The lowest BCUT2D eigenvalue weighted by molar-refractivity contribution is -0.141. The Bertz CT molecular complexity index is 1350. The lowest BCUT2D eigenvalue weighted by Crippen LogP contribution is -2.36. The highest BCUT2D eigenvalue weighted by molar-refractivity contribution is 6.67. The van der Waals surface area contributed by atoms with E-state index in [9.17, 15) is 18.8 Å². The van der Waals surface area contributed by atoms with E-state index < -0.39 is 17.7 Å². The molecule has 1 aliphatic rings. The summed E-state index contributed by atoms with van der Waals surface area (Å²) >= 11 is 0. The van der Waals surface area contributed by atoms with E-state index >= 15 is 0 Å². The smallest absolute Gasteiger partial charge is 0.326 e. The third kappa shape index (κ3) is 7.02. The van der Waals surface area contributed by atoms with Crippen LogP contribution in [0.2, 0.25) is 12.6 Å². The molecule has 0 radical (unpaired) electrons. The molecule has 1 fully saturated rings. The number of rotatable bonds is 8. The molecule has 8 nitrogen and oxygen atoms in total. The predicted octanol–water partition coefficient (Wildman–Crippen LogP) is 4.67. The first kappa shape index (κ1) is 27.4. The topological polar surface area (TPSA) is 103 Å². The van der Waals surface area contributed by atoms with Crippen LogP contribution in [-0.4, -0.2) is 50.7 Å². The van der Waals surface area contributed by atoms with E-state index in [1.807, 2.05) is 12.1 Å². The second-order valence-corrected chi connectivity index (χ2v) is 9.14. The average Bonchev–Trinajstić information content (AvgIpc) is 2.97. The zero-order chi connectivity index (χ0) is 27.8. The number of nitriles is 1. The van der Waals surface area contributed by atoms with Crippen molar-refractivity contribution in [2.45, 2.75) is 19.6 Å². The summed E-state index contributed by atoms with van der Waals surface area (Å²) in [5, 5.41) is 11.9. The van der Waals surface area contributed by atoms with E-state index in [0.717, 1.165) is 31.4 Å². The fraction of sp³-hybridized carbons (Fsp3) is 0.241. The van der Waals surface area contributed by atoms with Crippen LogP contribution in [0.5, 0.6) is 0 Å². The molecule has 3 aromatic rings. The lowest BCUT2D eigenvalue weighted by Gasteiger charge is -2.30. The van der Waals surface area contributed by atoms with Crippen molar-refractivity contribution in [3.05, 3.63) is 89.7 Å². The molecule has 39 heavy (non-hydrogen) atoms. The van der Waals surface area contributed by atoms with E-state index in [1.165, 1.54) is 29.2 Å². The van der Waals surface area contributed by atoms with Crippen molar-refractivity contribution in [3.8, 4) is 5.97 Å². The summed E-state index contributed by atoms with van der Waals surface area (Å²) in [7, 11) is 0. The van der Waals surface area contributed by atoms with Gasteiger partial charge < -0.3 is 15.0 Å². The van der Waals surface area contributed by atoms with Gasteiger partial charge >= 0.3 is 5.97 Å². The first-order valence-corrected chi connectivity index (χ1v) is 12.8. The van der Waals surface area contributed by atoms with Crippen LogP contribution >= 0.6 is 0 Å². The van der Waals surface area contributed by atoms with Crippen LogP contribution in [0.3, 0.4) is 0 Å². The molecule has 0 unspecified atom stereocenters. The molecular formula is C29H28BFN4O4. The minimum atomic E-state index is -0.580. The van der Waals surface area contributed by atoms with E-state index in [0.29, 0.717) is 16.9 Å². The SMILES string of the molecule is CCOC(=O)CN(C(=O)c1ccc(F)cc1)c1ccc(NC(=O)c2ccc(N3CCB(C#N)CC3)cc2)cc1. The molecule has 0 spiro atoms. The fourth-order valence-electron chi connectivity index (χ4n) is 4.38. The van der Waals surface area contributed by atoms with Gasteiger partial charge in [-0.2, -0.15) is 0 Å². The number of hydrogen-bond donors (Lipinski definition) is 1. The molecule has 3 aromatic carbocycles. The monoisotopic (exact) mass is 526 g/mol. The van der Waals surface area contributed by atoms with Gasteiger partial charge in [0.05, 0.1) is 6.61 Å². The van der Waals surface area contributed by atoms with Crippen LogP contribution in [0.25, 0.3) is 0 Å². The summed E-state index contributed by atoms with van der Waals surface area (Å²) in [5.41, 5.74) is 2.65. The molecule has 0 aliphatic carbocycles. The van der Waals surface area contributed by atoms with Crippen LogP contribution in [0.1, 0.15) is 27.6 Å². The summed E-state index contributed by atoms with van der Waals surface area (Å²) in [5.74, 6) is 0.497. The van der Waals surface area contributed by atoms with Gasteiger partial charge in [-0.1, -0.05) is 0 Å². The summed E-state index contributed by atoms with van der Waals surface area (Å²) in [6, 6.07) is 18.9. The lowest BCUT2D eigenvalue weighted by atomic mass is 9.45. The molecule has 0 aromatic heterocycles. The maximum absolute atomic E-state index is 13.3. The minimum absolute atomic E-state index is 0.107. The molecule has 10 heteroatoms. The number of halogens is 1. The Balaban J connectivity index is 1.43. The molecule has 1 N–H and O–H groups in total. The first-order valence-electron chi connectivity index (χ1n) is 12.8. The highest BCUT2D eigenvalue weighted by Crippen LogP contribution is 2.23. The molecule has 0 bridgehead atoms. The number of esters is 1. The number of carbonyl (C=O) groups excluding carboxylic acids is 3. The highest BCUT2D eigenvalue weighted by atomic mass is 19.1. The van der Waals surface area contributed by atoms with Crippen LogP contribution in [0.4, 0.5) is 21.5 Å². The van der Waals surface area contributed by atoms with Crippen molar-refractivity contribution in [2.24, 2.45) is 0 Å². The van der Waals surface area contributed by atoms with Gasteiger partial charge in [0.1, 0.15) is 12.4 Å². The van der Waals surface area contributed by atoms with E-state index in [4.69, 9.17) is 10.00 Å². The normalized spacial score (nSPS) is 12.8. The highest BCUT2D eigenvalue weighted by Gasteiger charge is 2.23. The number of amides is 2. The van der Waals surface area contributed by atoms with Gasteiger partial charge in [-0.05, 0) is 92.4 Å². The van der Waals surface area contributed by atoms with Crippen LogP contribution in [-0.2, 0) is 9.53 Å². The largest absolute Gasteiger partial charge is 0.465 e. The van der Waals surface area contributed by atoms with Crippen molar-refractivity contribution in [2.75, 3.05) is 41.4 Å². The fourth-order valence-corrected chi connectivity index (χ4v) is 4.38. The van der Waals surface area contributed by atoms with Gasteiger partial charge in [-0.15, -0.1) is 0 Å². The zero-order valence-corrected chi connectivity index (χ0v) is 21.6. The molecule has 198 valence electrons. The third-order valence-corrected chi connectivity index (χ3v) is 6.54. The average molecular weight is 526 g/mol. The molecule has 0 atom stereocenters. The van der Waals surface area contributed by atoms with Gasteiger partial charge in [-0.3, -0.25) is 19.3 Å². The maximum Gasteiger partial charge on any atom is 0.326 e. The number of benzene rings is 3. The van der Waals surface area contributed by atoms with Gasteiger partial charge in [0.15, 0.2) is 0 Å². The second-order valence-electron chi connectivity index (χ2n) is 9.14. The molecule has 1 aliphatic heterocycles. The number of nitrogens with one attached hydrogen (secondary N) is 1. The Morgan fingerprint density at radius 1 is 0.974 bits per heavy atom. The maximum atomic E-state index is 13.3. The van der Waals surface area contributed by atoms with Gasteiger partial charge in [0.2, 0.25) is 0 Å². The first-order chi connectivity index (χ1) is 18.9. The molecule has 4 rings (SSSR count). The number of hydrogen-bond acceptors (Lipinski definition) is 6. The Kier molecular flexibility index (Phi) is 8.95. The predicted molar refractivity (Wildman–Crippen MR) is 149 cm³/mol. The van der Waals surface area contributed by atoms with Crippen molar-refractivity contribution in [1.29, 1.82) is 5.26 Å². The quantitative estimate of drug-likeness (QED) is 0.338. The van der Waals surface area contributed by atoms with Crippen molar-refractivity contribution >= 4 is 41.6 Å². The van der Waals surface area contributed by atoms with E-state index in [2.05, 4.69) is 16.2 Å². The molecule has 1 heterocycles. The van der Waals surface area contributed by atoms with Gasteiger partial charge in [-0.25, -0.2) is 9.65 Å². The number of ether oxygens (including phenoxy) is 1. The standard InChI is InChI=1S/C29H28BFN4O4/c1-2-39-27(36)19-35(29(38)22-3-7-23(31)8-4-22)26-13-9-24(10-14-26)33-28(37)21-5-11-25(12-6-21)34-17-15-30(20-32)16-18-34/h3-14H,2,15-19H2,1H3,(H,33,37). The zero-order valence-electron chi connectivity index (χ0n) is 21.6. The molecule has 0 saturated carbocycles. The molecular weight excluding hydrogens is 498 g/mol. The van der Waals surface area contributed by atoms with Crippen molar-refractivity contribution in [1.82, 2.24) is 0 Å². The van der Waals surface area contributed by atoms with Gasteiger partial charge in [0.25, 0.3) is 18.5 Å². The minimum Gasteiger partial charge on any atom is -0.465 e. The summed E-state index contributed by atoms with van der Waals surface area (Å²) in [4.78, 5) is 41.6. The van der Waals surface area contributed by atoms with E-state index in [-0.39, 0.29) is 31.3 Å². The Labute approximate surface area is 227 Å². The second kappa shape index (κ2) is 12.7. The van der Waals surface area contributed by atoms with Crippen molar-refractivity contribution in [3.63, 3.8) is 0 Å². The summed E-state index contributed by atoms with van der Waals surface area (Å²) in [6.07, 6.45) is 1.67. The number of carbonyl (C=O) groups is 3. The number of anilines is 3. The van der Waals surface area contributed by atoms with Crippen molar-refractivity contribution < 1.29 is 23.5 Å². The number of nitrogens with zero attached hydrogens (tertiary/aromatic N) is 3.